The Bertz CT molecular complexity index is 225. The third-order valence-electron chi connectivity index (χ3n) is 1.21. The lowest BCUT2D eigenvalue weighted by Crippen LogP contribution is -2.02. The highest BCUT2D eigenvalue weighted by Gasteiger charge is 1.95. The van der Waals surface area contributed by atoms with Crippen LogP contribution in [0.4, 0.5) is 0 Å². The van der Waals surface area contributed by atoms with Crippen molar-refractivity contribution in [3.8, 4) is 5.75 Å². The largest absolute Gasteiger partial charge is 0.491 e. The van der Waals surface area contributed by atoms with Crippen molar-refractivity contribution in [2.45, 2.75) is 0 Å². The number of hydrogen-bond acceptors (Lipinski definition) is 3. The minimum atomic E-state index is 0.0156. The quantitative estimate of drug-likeness (QED) is 0.691. The molecule has 0 saturated heterocycles. The van der Waals surface area contributed by atoms with Gasteiger partial charge in [-0.2, -0.15) is 0 Å². The molecule has 0 aromatic carbocycles. The summed E-state index contributed by atoms with van der Waals surface area (Å²) in [5, 5.41) is 8.46. The summed E-state index contributed by atoms with van der Waals surface area (Å²) in [6.45, 7) is 4.02. The molecule has 3 heteroatoms. The van der Waals surface area contributed by atoms with Crippen LogP contribution in [-0.4, -0.2) is 23.3 Å². The first kappa shape index (κ1) is 8.01. The molecule has 59 valence electrons. The van der Waals surface area contributed by atoms with Gasteiger partial charge in [-0.3, -0.25) is 4.98 Å². The molecule has 0 atom stereocenters. The van der Waals surface area contributed by atoms with Gasteiger partial charge in [-0.1, -0.05) is 0 Å². The molecule has 0 amide bonds. The van der Waals surface area contributed by atoms with E-state index in [1.54, 1.807) is 18.5 Å². The molecule has 0 aliphatic rings. The standard InChI is InChI=1S/C8H10NO2/c1-7-6-9-3-2-8(7)11-5-4-10/h2-3,6,10H,1,4-5H2. The molecule has 1 heterocycles. The summed E-state index contributed by atoms with van der Waals surface area (Å²) in [5.41, 5.74) is 0.737. The van der Waals surface area contributed by atoms with Gasteiger partial charge in [0.05, 0.1) is 6.61 Å². The summed E-state index contributed by atoms with van der Waals surface area (Å²) in [7, 11) is 0. The van der Waals surface area contributed by atoms with E-state index >= 15 is 0 Å². The SMILES string of the molecule is [CH2]c1cnccc1OCCO. The van der Waals surface area contributed by atoms with Gasteiger partial charge in [-0.15, -0.1) is 0 Å². The number of aliphatic hydroxyl groups is 1. The molecule has 1 aromatic rings. The average molecular weight is 152 g/mol. The van der Waals surface area contributed by atoms with Crippen LogP contribution < -0.4 is 4.74 Å². The molecule has 0 bridgehead atoms. The number of rotatable bonds is 3. The van der Waals surface area contributed by atoms with E-state index in [4.69, 9.17) is 9.84 Å². The normalized spacial score (nSPS) is 9.64. The summed E-state index contributed by atoms with van der Waals surface area (Å²) in [6, 6.07) is 1.72. The molecule has 1 N–H and O–H groups in total. The van der Waals surface area contributed by atoms with Crippen LogP contribution >= 0.6 is 0 Å². The van der Waals surface area contributed by atoms with E-state index in [0.29, 0.717) is 12.4 Å². The van der Waals surface area contributed by atoms with E-state index in [0.717, 1.165) is 5.56 Å². The predicted octanol–water partition coefficient (Wildman–Crippen LogP) is 0.635. The minimum absolute atomic E-state index is 0.0156. The van der Waals surface area contributed by atoms with E-state index in [2.05, 4.69) is 11.9 Å². The lowest BCUT2D eigenvalue weighted by atomic mass is 10.3. The number of hydrogen-bond donors (Lipinski definition) is 1. The Kier molecular flexibility index (Phi) is 2.86. The zero-order valence-electron chi connectivity index (χ0n) is 6.16. The highest BCUT2D eigenvalue weighted by Crippen LogP contribution is 2.13. The van der Waals surface area contributed by atoms with Crippen molar-refractivity contribution < 1.29 is 9.84 Å². The summed E-state index contributed by atoms with van der Waals surface area (Å²) in [5.74, 6) is 0.675. The van der Waals surface area contributed by atoms with Gasteiger partial charge in [0.1, 0.15) is 12.4 Å². The molecule has 0 aliphatic carbocycles. The molecule has 1 rings (SSSR count). The Hall–Kier alpha value is -1.09. The molecule has 1 aromatic heterocycles. The fraction of sp³-hybridized carbons (Fsp3) is 0.250. The lowest BCUT2D eigenvalue weighted by Gasteiger charge is -2.05. The van der Waals surface area contributed by atoms with E-state index in [1.807, 2.05) is 0 Å². The third-order valence-corrected chi connectivity index (χ3v) is 1.21. The molecular weight excluding hydrogens is 142 g/mol. The fourth-order valence-electron chi connectivity index (χ4n) is 0.711. The van der Waals surface area contributed by atoms with Crippen LogP contribution in [0.2, 0.25) is 0 Å². The first-order chi connectivity index (χ1) is 5.34. The van der Waals surface area contributed by atoms with Crippen LogP contribution in [0.15, 0.2) is 18.5 Å². The van der Waals surface area contributed by atoms with Gasteiger partial charge in [-0.25, -0.2) is 0 Å². The van der Waals surface area contributed by atoms with Crippen molar-refractivity contribution in [2.75, 3.05) is 13.2 Å². The van der Waals surface area contributed by atoms with Crippen molar-refractivity contribution in [2.24, 2.45) is 0 Å². The maximum atomic E-state index is 8.46. The zero-order valence-corrected chi connectivity index (χ0v) is 6.16. The van der Waals surface area contributed by atoms with Crippen LogP contribution in [0.25, 0.3) is 0 Å². The highest BCUT2D eigenvalue weighted by molar-refractivity contribution is 5.31. The lowest BCUT2D eigenvalue weighted by molar-refractivity contribution is 0.201. The second kappa shape index (κ2) is 3.93. The molecule has 3 nitrogen and oxygen atoms in total. The summed E-state index contributed by atoms with van der Waals surface area (Å²) >= 11 is 0. The van der Waals surface area contributed by atoms with Gasteiger partial charge in [0, 0.05) is 18.0 Å². The van der Waals surface area contributed by atoms with Crippen molar-refractivity contribution in [1.29, 1.82) is 0 Å². The zero-order chi connectivity index (χ0) is 8.10. The minimum Gasteiger partial charge on any atom is -0.491 e. The van der Waals surface area contributed by atoms with Gasteiger partial charge < -0.3 is 9.84 Å². The first-order valence-corrected chi connectivity index (χ1v) is 3.34. The van der Waals surface area contributed by atoms with Crippen molar-refractivity contribution >= 4 is 0 Å². The summed E-state index contributed by atoms with van der Waals surface area (Å²) in [6.07, 6.45) is 3.24. The maximum absolute atomic E-state index is 8.46. The molecular formula is C8H10NO2. The van der Waals surface area contributed by atoms with Crippen LogP contribution in [0.1, 0.15) is 5.56 Å². The van der Waals surface area contributed by atoms with Crippen molar-refractivity contribution in [3.05, 3.63) is 30.9 Å². The number of aliphatic hydroxyl groups excluding tert-OH is 1. The topological polar surface area (TPSA) is 42.4 Å². The van der Waals surface area contributed by atoms with E-state index in [-0.39, 0.29) is 6.61 Å². The number of ether oxygens (including phenoxy) is 1. The molecule has 0 fully saturated rings. The molecule has 0 unspecified atom stereocenters. The molecule has 11 heavy (non-hydrogen) atoms. The maximum Gasteiger partial charge on any atom is 0.125 e. The fourth-order valence-corrected chi connectivity index (χ4v) is 0.711. The molecule has 1 radical (unpaired) electrons. The smallest absolute Gasteiger partial charge is 0.125 e. The van der Waals surface area contributed by atoms with Crippen LogP contribution in [-0.2, 0) is 0 Å². The van der Waals surface area contributed by atoms with Crippen LogP contribution in [0.5, 0.6) is 5.75 Å². The second-order valence-electron chi connectivity index (χ2n) is 2.06. The average Bonchev–Trinajstić information content (AvgIpc) is 2.03. The van der Waals surface area contributed by atoms with E-state index in [9.17, 15) is 0 Å². The van der Waals surface area contributed by atoms with E-state index in [1.165, 1.54) is 0 Å². The van der Waals surface area contributed by atoms with Gasteiger partial charge in [-0.05, 0) is 13.0 Å². The van der Waals surface area contributed by atoms with Gasteiger partial charge >= 0.3 is 0 Å². The Balaban J connectivity index is 2.62. The Morgan fingerprint density at radius 2 is 2.45 bits per heavy atom. The number of aromatic nitrogens is 1. The van der Waals surface area contributed by atoms with Gasteiger partial charge in [0.25, 0.3) is 0 Å². The molecule has 0 saturated carbocycles. The van der Waals surface area contributed by atoms with Crippen LogP contribution in [0.3, 0.4) is 0 Å². The Morgan fingerprint density at radius 1 is 1.64 bits per heavy atom. The highest BCUT2D eigenvalue weighted by atomic mass is 16.5. The number of pyridine rings is 1. The summed E-state index contributed by atoms with van der Waals surface area (Å²) in [4.78, 5) is 3.85. The van der Waals surface area contributed by atoms with Gasteiger partial charge in [0.15, 0.2) is 0 Å². The first-order valence-electron chi connectivity index (χ1n) is 3.34. The monoisotopic (exact) mass is 152 g/mol. The summed E-state index contributed by atoms with van der Waals surface area (Å²) < 4.78 is 5.13. The van der Waals surface area contributed by atoms with Crippen molar-refractivity contribution in [1.82, 2.24) is 4.98 Å². The van der Waals surface area contributed by atoms with E-state index < -0.39 is 0 Å². The number of nitrogens with zero attached hydrogens (tertiary/aromatic N) is 1. The Morgan fingerprint density at radius 3 is 3.09 bits per heavy atom. The van der Waals surface area contributed by atoms with Gasteiger partial charge in [0.2, 0.25) is 0 Å². The molecule has 0 aliphatic heterocycles. The third kappa shape index (κ3) is 2.20. The predicted molar refractivity (Wildman–Crippen MR) is 41.3 cm³/mol. The second-order valence-corrected chi connectivity index (χ2v) is 2.06. The van der Waals surface area contributed by atoms with Crippen molar-refractivity contribution in [3.63, 3.8) is 0 Å². The molecule has 0 spiro atoms. The Labute approximate surface area is 65.7 Å². The van der Waals surface area contributed by atoms with Crippen LogP contribution in [0, 0.1) is 6.92 Å².